The van der Waals surface area contributed by atoms with Crippen LogP contribution in [-0.2, 0) is 14.4 Å². The van der Waals surface area contributed by atoms with Gasteiger partial charge in [-0.25, -0.2) is 0 Å². The molecule has 0 aromatic heterocycles. The van der Waals surface area contributed by atoms with Crippen LogP contribution in [0.2, 0.25) is 5.02 Å². The lowest BCUT2D eigenvalue weighted by atomic mass is 9.77. The zero-order chi connectivity index (χ0) is 20.3. The first-order chi connectivity index (χ1) is 14.0. The maximum absolute atomic E-state index is 12.4. The van der Waals surface area contributed by atoms with Gasteiger partial charge < -0.3 is 10.4 Å². The Morgan fingerprint density at radius 1 is 1.00 bits per heavy atom. The maximum Gasteiger partial charge on any atom is 0.254 e. The molecule has 2 saturated heterocycles. The number of hydroxylamine groups is 2. The molecule has 1 spiro atoms. The SMILES string of the molecule is Cl.O.O=C1CC2(CCCC2)CC(=O)N1OCCCN1CCN(c2cccc(Cl)c2)CC1. The van der Waals surface area contributed by atoms with E-state index in [0.717, 1.165) is 74.9 Å². The highest BCUT2D eigenvalue weighted by Crippen LogP contribution is 2.46. The second-order valence-corrected chi connectivity index (χ2v) is 9.07. The Labute approximate surface area is 195 Å². The van der Waals surface area contributed by atoms with Crippen LogP contribution < -0.4 is 4.90 Å². The van der Waals surface area contributed by atoms with Crippen LogP contribution in [-0.4, -0.2) is 66.6 Å². The standard InChI is InChI=1S/C22H30ClN3O3.ClH.H2O/c23-18-5-3-6-19(15-18)25-12-10-24(11-13-25)9-4-14-29-26-20(27)16-22(17-21(26)28)7-1-2-8-22;;/h3,5-6,15H,1-2,4,7-14,16-17H2;1H;1H2. The summed E-state index contributed by atoms with van der Waals surface area (Å²) in [7, 11) is 0. The molecule has 2 aliphatic heterocycles. The largest absolute Gasteiger partial charge is 0.412 e. The number of hydrogen-bond acceptors (Lipinski definition) is 5. The fourth-order valence-electron chi connectivity index (χ4n) is 4.96. The number of halogens is 2. The molecule has 2 N–H and O–H groups in total. The summed E-state index contributed by atoms with van der Waals surface area (Å²) in [6.07, 6.45) is 5.99. The number of hydrogen-bond donors (Lipinski definition) is 0. The van der Waals surface area contributed by atoms with Crippen LogP contribution in [0.4, 0.5) is 5.69 Å². The highest BCUT2D eigenvalue weighted by atomic mass is 35.5. The van der Waals surface area contributed by atoms with Crippen molar-refractivity contribution < 1.29 is 19.9 Å². The third-order valence-corrected chi connectivity index (χ3v) is 6.79. The van der Waals surface area contributed by atoms with E-state index in [2.05, 4.69) is 15.9 Å². The van der Waals surface area contributed by atoms with Gasteiger partial charge in [-0.1, -0.05) is 30.5 Å². The minimum Gasteiger partial charge on any atom is -0.412 e. The summed E-state index contributed by atoms with van der Waals surface area (Å²) >= 11 is 6.09. The average molecular weight is 474 g/mol. The third kappa shape index (κ3) is 6.33. The Bertz CT molecular complexity index is 730. The van der Waals surface area contributed by atoms with Gasteiger partial charge in [-0.05, 0) is 42.9 Å². The lowest BCUT2D eigenvalue weighted by Gasteiger charge is -2.37. The number of rotatable bonds is 6. The van der Waals surface area contributed by atoms with Gasteiger partial charge in [-0.3, -0.25) is 19.3 Å². The second kappa shape index (κ2) is 11.5. The zero-order valence-corrected chi connectivity index (χ0v) is 19.4. The molecule has 31 heavy (non-hydrogen) atoms. The number of carbonyl (C=O) groups excluding carboxylic acids is 2. The summed E-state index contributed by atoms with van der Waals surface area (Å²) < 4.78 is 0. The molecule has 0 unspecified atom stereocenters. The first kappa shape index (κ1) is 25.9. The Balaban J connectivity index is 0.00000171. The number of anilines is 1. The van der Waals surface area contributed by atoms with Gasteiger partial charge >= 0.3 is 0 Å². The Morgan fingerprint density at radius 3 is 2.26 bits per heavy atom. The quantitative estimate of drug-likeness (QED) is 0.467. The van der Waals surface area contributed by atoms with Crippen molar-refractivity contribution in [3.63, 3.8) is 0 Å². The molecular weight excluding hydrogens is 441 g/mol. The van der Waals surface area contributed by atoms with Crippen LogP contribution in [0, 0.1) is 5.41 Å². The number of amides is 2. The summed E-state index contributed by atoms with van der Waals surface area (Å²) in [6, 6.07) is 7.98. The van der Waals surface area contributed by atoms with E-state index in [0.29, 0.717) is 19.4 Å². The summed E-state index contributed by atoms with van der Waals surface area (Å²) in [5.41, 5.74) is 1.10. The van der Waals surface area contributed by atoms with Gasteiger partial charge in [0.1, 0.15) is 0 Å². The van der Waals surface area contributed by atoms with Crippen LogP contribution in [0.1, 0.15) is 44.9 Å². The number of nitrogens with zero attached hydrogens (tertiary/aromatic N) is 3. The molecule has 3 fully saturated rings. The number of imide groups is 1. The van der Waals surface area contributed by atoms with Crippen LogP contribution in [0.5, 0.6) is 0 Å². The molecule has 2 heterocycles. The van der Waals surface area contributed by atoms with Gasteiger partial charge in [-0.15, -0.1) is 12.4 Å². The number of piperidine rings is 1. The van der Waals surface area contributed by atoms with Gasteiger partial charge in [0.25, 0.3) is 11.8 Å². The molecule has 0 radical (unpaired) electrons. The van der Waals surface area contributed by atoms with Crippen molar-refractivity contribution in [1.29, 1.82) is 0 Å². The predicted octanol–water partition coefficient (Wildman–Crippen LogP) is 3.09. The molecule has 0 atom stereocenters. The van der Waals surface area contributed by atoms with Crippen LogP contribution >= 0.6 is 24.0 Å². The summed E-state index contributed by atoms with van der Waals surface area (Å²) in [5, 5.41) is 1.81. The average Bonchev–Trinajstić information content (AvgIpc) is 3.14. The van der Waals surface area contributed by atoms with Crippen LogP contribution in [0.25, 0.3) is 0 Å². The Kier molecular flexibility index (Phi) is 9.58. The minimum atomic E-state index is -0.154. The fourth-order valence-corrected chi connectivity index (χ4v) is 5.14. The van der Waals surface area contributed by atoms with Crippen molar-refractivity contribution in [3.8, 4) is 0 Å². The number of benzene rings is 1. The van der Waals surface area contributed by atoms with Crippen molar-refractivity contribution in [1.82, 2.24) is 9.96 Å². The lowest BCUT2D eigenvalue weighted by molar-refractivity contribution is -0.205. The monoisotopic (exact) mass is 473 g/mol. The first-order valence-electron chi connectivity index (χ1n) is 10.8. The van der Waals surface area contributed by atoms with E-state index in [-0.39, 0.29) is 35.1 Å². The van der Waals surface area contributed by atoms with Crippen molar-refractivity contribution in [3.05, 3.63) is 29.3 Å². The molecule has 1 aromatic carbocycles. The number of piperazine rings is 1. The molecule has 174 valence electrons. The zero-order valence-electron chi connectivity index (χ0n) is 17.9. The molecule has 1 aromatic rings. The van der Waals surface area contributed by atoms with Gasteiger partial charge in [0.05, 0.1) is 6.61 Å². The van der Waals surface area contributed by atoms with E-state index in [9.17, 15) is 9.59 Å². The molecule has 2 amide bonds. The summed E-state index contributed by atoms with van der Waals surface area (Å²) in [5.74, 6) is -0.309. The highest BCUT2D eigenvalue weighted by molar-refractivity contribution is 6.30. The molecular formula is C22H33Cl2N3O4. The summed E-state index contributed by atoms with van der Waals surface area (Å²) in [6.45, 7) is 5.20. The van der Waals surface area contributed by atoms with Gasteiger partial charge in [0.15, 0.2) is 0 Å². The lowest BCUT2D eigenvalue weighted by Crippen LogP contribution is -2.48. The topological polar surface area (TPSA) is 84.6 Å². The van der Waals surface area contributed by atoms with Gasteiger partial charge in [0, 0.05) is 56.3 Å². The maximum atomic E-state index is 12.4. The Morgan fingerprint density at radius 2 is 1.65 bits per heavy atom. The van der Waals surface area contributed by atoms with Crippen LogP contribution in [0.15, 0.2) is 24.3 Å². The van der Waals surface area contributed by atoms with E-state index >= 15 is 0 Å². The second-order valence-electron chi connectivity index (χ2n) is 8.64. The highest BCUT2D eigenvalue weighted by Gasteiger charge is 2.45. The van der Waals surface area contributed by atoms with Gasteiger partial charge in [0.2, 0.25) is 0 Å². The van der Waals surface area contributed by atoms with Crippen molar-refractivity contribution >= 4 is 41.5 Å². The van der Waals surface area contributed by atoms with E-state index < -0.39 is 0 Å². The first-order valence-corrected chi connectivity index (χ1v) is 11.1. The van der Waals surface area contributed by atoms with E-state index in [4.69, 9.17) is 16.4 Å². The van der Waals surface area contributed by atoms with E-state index in [1.165, 1.54) is 5.69 Å². The molecule has 9 heteroatoms. The predicted molar refractivity (Wildman–Crippen MR) is 124 cm³/mol. The van der Waals surface area contributed by atoms with Crippen molar-refractivity contribution in [2.24, 2.45) is 5.41 Å². The normalized spacial score (nSPS) is 21.2. The molecule has 3 aliphatic rings. The molecule has 1 saturated carbocycles. The summed E-state index contributed by atoms with van der Waals surface area (Å²) in [4.78, 5) is 35.2. The van der Waals surface area contributed by atoms with Crippen molar-refractivity contribution in [2.75, 3.05) is 44.2 Å². The Hall–Kier alpha value is -1.38. The molecule has 1 aliphatic carbocycles. The third-order valence-electron chi connectivity index (χ3n) is 6.55. The fraction of sp³-hybridized carbons (Fsp3) is 0.636. The van der Waals surface area contributed by atoms with Crippen LogP contribution in [0.3, 0.4) is 0 Å². The van der Waals surface area contributed by atoms with E-state index in [1.807, 2.05) is 18.2 Å². The molecule has 7 nitrogen and oxygen atoms in total. The molecule has 4 rings (SSSR count). The smallest absolute Gasteiger partial charge is 0.254 e. The van der Waals surface area contributed by atoms with Crippen molar-refractivity contribution in [2.45, 2.75) is 44.9 Å². The van der Waals surface area contributed by atoms with Gasteiger partial charge in [-0.2, -0.15) is 5.06 Å². The molecule has 0 bridgehead atoms. The number of carbonyl (C=O) groups is 2. The van der Waals surface area contributed by atoms with E-state index in [1.54, 1.807) is 0 Å². The minimum absolute atomic E-state index is 0.